The fraction of sp³-hybridized carbons (Fsp3) is 0.250. The van der Waals surface area contributed by atoms with Crippen molar-refractivity contribution < 1.29 is 0 Å². The lowest BCUT2D eigenvalue weighted by Crippen LogP contribution is -1.99. The monoisotopic (exact) mass is 292 g/mol. The molecule has 0 saturated heterocycles. The van der Waals surface area contributed by atoms with Gasteiger partial charge in [0.1, 0.15) is 5.52 Å². The van der Waals surface area contributed by atoms with Crippen LogP contribution < -0.4 is 0 Å². The molecule has 4 rings (SSSR count). The van der Waals surface area contributed by atoms with E-state index in [1.165, 1.54) is 5.56 Å². The van der Waals surface area contributed by atoms with Gasteiger partial charge in [0, 0.05) is 11.9 Å². The van der Waals surface area contributed by atoms with Crippen LogP contribution in [-0.4, -0.2) is 29.9 Å². The van der Waals surface area contributed by atoms with Crippen molar-refractivity contribution in [3.05, 3.63) is 47.8 Å². The highest BCUT2D eigenvalue weighted by Crippen LogP contribution is 2.23. The molecule has 110 valence electrons. The molecule has 4 heterocycles. The number of aryl methyl sites for hydroxylation is 1. The molecule has 6 nitrogen and oxygen atoms in total. The maximum atomic E-state index is 4.49. The lowest BCUT2D eigenvalue weighted by Gasteiger charge is -2.10. The van der Waals surface area contributed by atoms with Gasteiger partial charge >= 0.3 is 0 Å². The van der Waals surface area contributed by atoms with E-state index >= 15 is 0 Å². The molecule has 0 aliphatic rings. The number of aromatic nitrogens is 6. The van der Waals surface area contributed by atoms with E-state index < -0.39 is 0 Å². The molecule has 0 radical (unpaired) electrons. The second kappa shape index (κ2) is 4.91. The summed E-state index contributed by atoms with van der Waals surface area (Å²) in [7, 11) is 0. The van der Waals surface area contributed by atoms with Gasteiger partial charge in [-0.15, -0.1) is 0 Å². The molecule has 1 atom stereocenters. The largest absolute Gasteiger partial charge is 0.343 e. The fourth-order valence-corrected chi connectivity index (χ4v) is 2.72. The average molecular weight is 292 g/mol. The van der Waals surface area contributed by atoms with Gasteiger partial charge in [-0.25, -0.2) is 19.9 Å². The lowest BCUT2D eigenvalue weighted by atomic mass is 9.98. The van der Waals surface area contributed by atoms with E-state index in [0.29, 0.717) is 5.92 Å². The van der Waals surface area contributed by atoms with Crippen molar-refractivity contribution in [1.82, 2.24) is 29.9 Å². The number of hydrogen-bond donors (Lipinski definition) is 2. The van der Waals surface area contributed by atoms with E-state index in [9.17, 15) is 0 Å². The molecule has 0 aliphatic carbocycles. The zero-order chi connectivity index (χ0) is 15.1. The van der Waals surface area contributed by atoms with Gasteiger partial charge in [-0.3, -0.25) is 0 Å². The van der Waals surface area contributed by atoms with E-state index in [1.54, 1.807) is 12.5 Å². The Labute approximate surface area is 127 Å². The summed E-state index contributed by atoms with van der Waals surface area (Å²) in [4.78, 5) is 23.8. The Morgan fingerprint density at radius 2 is 2.05 bits per heavy atom. The number of hydrogen-bond acceptors (Lipinski definition) is 4. The minimum atomic E-state index is 0.342. The minimum Gasteiger partial charge on any atom is -0.343 e. The number of nitrogens with one attached hydrogen (secondary N) is 2. The highest BCUT2D eigenvalue weighted by Gasteiger charge is 2.11. The summed E-state index contributed by atoms with van der Waals surface area (Å²) < 4.78 is 0. The highest BCUT2D eigenvalue weighted by molar-refractivity contribution is 5.72. The van der Waals surface area contributed by atoms with Crippen LogP contribution in [0.3, 0.4) is 0 Å². The van der Waals surface area contributed by atoms with Gasteiger partial charge in [0.05, 0.1) is 23.7 Å². The standard InChI is InChI=1S/C16H16N6/c1-9(11-4-13-15(18-7-11)20-8-19-13)3-12-5-14-16(22-12)17-6-10(2)21-14/h4-9H,3H2,1-2H3,(H,17,22)(H,18,19,20). The summed E-state index contributed by atoms with van der Waals surface area (Å²) >= 11 is 0. The van der Waals surface area contributed by atoms with Crippen molar-refractivity contribution in [2.75, 3.05) is 0 Å². The quantitative estimate of drug-likeness (QED) is 0.608. The second-order valence-corrected chi connectivity index (χ2v) is 5.69. The number of fused-ring (bicyclic) bond motifs is 2. The number of aromatic amines is 2. The summed E-state index contributed by atoms with van der Waals surface area (Å²) in [6.45, 7) is 4.14. The molecule has 6 heteroatoms. The van der Waals surface area contributed by atoms with E-state index in [0.717, 1.165) is 40.1 Å². The second-order valence-electron chi connectivity index (χ2n) is 5.69. The van der Waals surface area contributed by atoms with Crippen molar-refractivity contribution in [2.45, 2.75) is 26.2 Å². The Kier molecular flexibility index (Phi) is 2.89. The number of imidazole rings is 1. The summed E-state index contributed by atoms with van der Waals surface area (Å²) in [5.41, 5.74) is 6.75. The Balaban J connectivity index is 1.62. The Morgan fingerprint density at radius 1 is 1.14 bits per heavy atom. The first kappa shape index (κ1) is 12.9. The van der Waals surface area contributed by atoms with Crippen molar-refractivity contribution in [1.29, 1.82) is 0 Å². The molecule has 2 N–H and O–H groups in total. The summed E-state index contributed by atoms with van der Waals surface area (Å²) in [6, 6.07) is 4.19. The zero-order valence-corrected chi connectivity index (χ0v) is 12.5. The normalized spacial score (nSPS) is 13.0. The SMILES string of the molecule is Cc1cnc2[nH]c(CC(C)c3cnc4nc[nH]c4c3)cc2n1. The maximum Gasteiger partial charge on any atom is 0.177 e. The van der Waals surface area contributed by atoms with Crippen LogP contribution in [0, 0.1) is 6.92 Å². The zero-order valence-electron chi connectivity index (χ0n) is 12.5. The molecule has 0 saturated carbocycles. The molecule has 0 fully saturated rings. The van der Waals surface area contributed by atoms with E-state index in [2.05, 4.69) is 49.0 Å². The first-order chi connectivity index (χ1) is 10.7. The van der Waals surface area contributed by atoms with Crippen LogP contribution in [0.1, 0.15) is 29.8 Å². The molecule has 0 spiro atoms. The molecule has 4 aromatic heterocycles. The third-order valence-electron chi connectivity index (χ3n) is 3.90. The minimum absolute atomic E-state index is 0.342. The van der Waals surface area contributed by atoms with E-state index in [4.69, 9.17) is 0 Å². The van der Waals surface area contributed by atoms with E-state index in [1.807, 2.05) is 13.1 Å². The van der Waals surface area contributed by atoms with Crippen LogP contribution in [0.5, 0.6) is 0 Å². The fourth-order valence-electron chi connectivity index (χ4n) is 2.72. The van der Waals surface area contributed by atoms with E-state index in [-0.39, 0.29) is 0 Å². The smallest absolute Gasteiger partial charge is 0.177 e. The third-order valence-corrected chi connectivity index (χ3v) is 3.90. The van der Waals surface area contributed by atoms with Crippen LogP contribution in [0.25, 0.3) is 22.3 Å². The molecule has 0 aromatic carbocycles. The number of rotatable bonds is 3. The van der Waals surface area contributed by atoms with Gasteiger partial charge in [-0.05, 0) is 37.0 Å². The van der Waals surface area contributed by atoms with Crippen LogP contribution in [-0.2, 0) is 6.42 Å². The van der Waals surface area contributed by atoms with Gasteiger partial charge < -0.3 is 9.97 Å². The van der Waals surface area contributed by atoms with Gasteiger partial charge in [0.2, 0.25) is 0 Å². The van der Waals surface area contributed by atoms with Crippen molar-refractivity contribution in [3.8, 4) is 0 Å². The summed E-state index contributed by atoms with van der Waals surface area (Å²) in [6.07, 6.45) is 6.24. The van der Waals surface area contributed by atoms with Crippen LogP contribution in [0.2, 0.25) is 0 Å². The first-order valence-corrected chi connectivity index (χ1v) is 7.29. The molecule has 0 aliphatic heterocycles. The Bertz CT molecular complexity index is 952. The number of pyridine rings is 1. The molecule has 0 amide bonds. The van der Waals surface area contributed by atoms with Gasteiger partial charge in [-0.1, -0.05) is 6.92 Å². The van der Waals surface area contributed by atoms with Crippen LogP contribution >= 0.6 is 0 Å². The van der Waals surface area contributed by atoms with Crippen molar-refractivity contribution >= 4 is 22.3 Å². The summed E-state index contributed by atoms with van der Waals surface area (Å²) in [5, 5.41) is 0. The molecule has 22 heavy (non-hydrogen) atoms. The van der Waals surface area contributed by atoms with Crippen LogP contribution in [0.15, 0.2) is 30.9 Å². The first-order valence-electron chi connectivity index (χ1n) is 7.29. The lowest BCUT2D eigenvalue weighted by molar-refractivity contribution is 0.743. The highest BCUT2D eigenvalue weighted by atomic mass is 14.9. The third kappa shape index (κ3) is 2.22. The van der Waals surface area contributed by atoms with Crippen molar-refractivity contribution in [3.63, 3.8) is 0 Å². The molecule has 1 unspecified atom stereocenters. The Hall–Kier alpha value is -2.76. The van der Waals surface area contributed by atoms with Gasteiger partial charge in [0.15, 0.2) is 11.3 Å². The predicted octanol–water partition coefficient (Wildman–Crippen LogP) is 2.88. The van der Waals surface area contributed by atoms with Gasteiger partial charge in [-0.2, -0.15) is 0 Å². The molecule has 0 bridgehead atoms. The summed E-state index contributed by atoms with van der Waals surface area (Å²) in [5.74, 6) is 0.342. The topological polar surface area (TPSA) is 83.1 Å². The maximum absolute atomic E-state index is 4.49. The number of H-pyrrole nitrogens is 2. The Morgan fingerprint density at radius 3 is 2.95 bits per heavy atom. The van der Waals surface area contributed by atoms with Gasteiger partial charge in [0.25, 0.3) is 0 Å². The van der Waals surface area contributed by atoms with Crippen LogP contribution in [0.4, 0.5) is 0 Å². The predicted molar refractivity (Wildman–Crippen MR) is 84.6 cm³/mol. The number of nitrogens with zero attached hydrogens (tertiary/aromatic N) is 4. The average Bonchev–Trinajstić information content (AvgIpc) is 3.11. The molecular weight excluding hydrogens is 276 g/mol. The molecular formula is C16H16N6. The van der Waals surface area contributed by atoms with Crippen molar-refractivity contribution in [2.24, 2.45) is 0 Å². The molecule has 4 aromatic rings.